The Morgan fingerprint density at radius 3 is 2.58 bits per heavy atom. The molecule has 0 aliphatic carbocycles. The van der Waals surface area contributed by atoms with E-state index in [0.717, 1.165) is 24.8 Å². The number of rotatable bonds is 8. The predicted octanol–water partition coefficient (Wildman–Crippen LogP) is 4.91. The second-order valence-electron chi connectivity index (χ2n) is 9.63. The minimum absolute atomic E-state index is 0.194. The maximum absolute atomic E-state index is 12.7. The van der Waals surface area contributed by atoms with Crippen LogP contribution in [0.2, 0.25) is 0 Å². The highest BCUT2D eigenvalue weighted by atomic mass is 16.6. The molecule has 0 spiro atoms. The van der Waals surface area contributed by atoms with Crippen LogP contribution in [0.4, 0.5) is 4.79 Å². The molecule has 1 fully saturated rings. The molecular weight excluding hydrogens is 412 g/mol. The molecule has 1 amide bonds. The largest absolute Gasteiger partial charge is 0.445 e. The van der Waals surface area contributed by atoms with Crippen molar-refractivity contribution in [1.29, 1.82) is 0 Å². The molecule has 1 heterocycles. The molecule has 174 valence electrons. The van der Waals surface area contributed by atoms with Gasteiger partial charge in [-0.25, -0.2) is 4.79 Å². The monoisotopic (exact) mass is 446 g/mol. The van der Waals surface area contributed by atoms with Crippen LogP contribution in [0, 0.1) is 0 Å². The SMILES string of the molecule is CC(C)(Cc1ccc2ccccc2c1)NC[C@@H](O)[C@H]1CCCN1C(=O)OCc1ccccc1. The smallest absolute Gasteiger partial charge is 0.410 e. The second kappa shape index (κ2) is 10.4. The minimum atomic E-state index is -0.646. The molecular formula is C28H34N2O3. The number of benzene rings is 3. The summed E-state index contributed by atoms with van der Waals surface area (Å²) in [6.07, 6.45) is 1.51. The Morgan fingerprint density at radius 2 is 1.79 bits per heavy atom. The number of nitrogens with zero attached hydrogens (tertiary/aromatic N) is 1. The summed E-state index contributed by atoms with van der Waals surface area (Å²) in [6, 6.07) is 24.4. The molecule has 0 bridgehead atoms. The Morgan fingerprint density at radius 1 is 1.06 bits per heavy atom. The third-order valence-corrected chi connectivity index (χ3v) is 6.43. The van der Waals surface area contributed by atoms with Gasteiger partial charge in [0.15, 0.2) is 0 Å². The Kier molecular flexibility index (Phi) is 7.31. The number of β-amino-alcohol motifs (C(OH)–C–C–N with tert-alkyl or cyclic N) is 1. The number of ether oxygens (including phenoxy) is 1. The van der Waals surface area contributed by atoms with Gasteiger partial charge < -0.3 is 20.1 Å². The van der Waals surface area contributed by atoms with Crippen molar-refractivity contribution in [3.05, 3.63) is 83.9 Å². The van der Waals surface area contributed by atoms with Crippen molar-refractivity contribution < 1.29 is 14.6 Å². The Hall–Kier alpha value is -2.89. The average Bonchev–Trinajstić information content (AvgIpc) is 3.32. The third kappa shape index (κ3) is 6.12. The molecule has 1 aliphatic rings. The van der Waals surface area contributed by atoms with Gasteiger partial charge in [-0.2, -0.15) is 0 Å². The zero-order valence-electron chi connectivity index (χ0n) is 19.5. The molecule has 33 heavy (non-hydrogen) atoms. The van der Waals surface area contributed by atoms with E-state index in [0.29, 0.717) is 13.1 Å². The number of nitrogens with one attached hydrogen (secondary N) is 1. The standard InChI is InChI=1S/C28H34N2O3/c1-28(2,18-22-14-15-23-11-6-7-12-24(23)17-22)29-19-26(31)25-13-8-16-30(25)27(32)33-20-21-9-4-3-5-10-21/h3-7,9-12,14-15,17,25-26,29,31H,8,13,16,18-20H2,1-2H3/t25-,26-/m1/s1. The van der Waals surface area contributed by atoms with Gasteiger partial charge in [0, 0.05) is 18.6 Å². The molecule has 4 rings (SSSR count). The number of carbonyl (C=O) groups is 1. The highest BCUT2D eigenvalue weighted by Crippen LogP contribution is 2.23. The van der Waals surface area contributed by atoms with E-state index in [4.69, 9.17) is 4.74 Å². The van der Waals surface area contributed by atoms with Crippen molar-refractivity contribution in [3.8, 4) is 0 Å². The molecule has 0 unspecified atom stereocenters. The zero-order chi connectivity index (χ0) is 23.3. The molecule has 0 saturated carbocycles. The fraction of sp³-hybridized carbons (Fsp3) is 0.393. The topological polar surface area (TPSA) is 61.8 Å². The van der Waals surface area contributed by atoms with Crippen molar-refractivity contribution in [2.45, 2.75) is 57.4 Å². The second-order valence-corrected chi connectivity index (χ2v) is 9.63. The molecule has 3 aromatic carbocycles. The molecule has 0 aromatic heterocycles. The summed E-state index contributed by atoms with van der Waals surface area (Å²) in [7, 11) is 0. The number of carbonyl (C=O) groups excluding carboxylic acids is 1. The van der Waals surface area contributed by atoms with Gasteiger partial charge in [0.1, 0.15) is 6.61 Å². The molecule has 0 radical (unpaired) electrons. The lowest BCUT2D eigenvalue weighted by Crippen LogP contribution is -2.51. The number of aliphatic hydroxyl groups is 1. The lowest BCUT2D eigenvalue weighted by molar-refractivity contribution is 0.0454. The van der Waals surface area contributed by atoms with Gasteiger partial charge in [-0.1, -0.05) is 72.8 Å². The Labute approximate surface area is 196 Å². The highest BCUT2D eigenvalue weighted by Gasteiger charge is 2.35. The summed E-state index contributed by atoms with van der Waals surface area (Å²) in [5, 5.41) is 16.9. The van der Waals surface area contributed by atoms with Crippen LogP contribution in [0.1, 0.15) is 37.8 Å². The average molecular weight is 447 g/mol. The highest BCUT2D eigenvalue weighted by molar-refractivity contribution is 5.83. The molecule has 1 saturated heterocycles. The predicted molar refractivity (Wildman–Crippen MR) is 132 cm³/mol. The van der Waals surface area contributed by atoms with Crippen LogP contribution in [0.3, 0.4) is 0 Å². The first kappa shape index (κ1) is 23.3. The van der Waals surface area contributed by atoms with Gasteiger partial charge in [0.05, 0.1) is 12.1 Å². The van der Waals surface area contributed by atoms with Gasteiger partial charge in [-0.3, -0.25) is 0 Å². The first-order valence-corrected chi connectivity index (χ1v) is 11.8. The van der Waals surface area contributed by atoms with Gasteiger partial charge in [-0.05, 0) is 55.0 Å². The van der Waals surface area contributed by atoms with E-state index in [1.807, 2.05) is 30.3 Å². The van der Waals surface area contributed by atoms with Crippen molar-refractivity contribution in [2.24, 2.45) is 0 Å². The Balaban J connectivity index is 1.30. The molecule has 2 atom stereocenters. The van der Waals surface area contributed by atoms with Gasteiger partial charge >= 0.3 is 6.09 Å². The summed E-state index contributed by atoms with van der Waals surface area (Å²) < 4.78 is 5.51. The van der Waals surface area contributed by atoms with Crippen molar-refractivity contribution in [2.75, 3.05) is 13.1 Å². The number of likely N-dealkylation sites (tertiary alicyclic amines) is 1. The summed E-state index contributed by atoms with van der Waals surface area (Å²) in [5.41, 5.74) is 2.02. The Bertz CT molecular complexity index is 1070. The number of aliphatic hydroxyl groups excluding tert-OH is 1. The summed E-state index contributed by atoms with van der Waals surface area (Å²) in [5.74, 6) is 0. The first-order chi connectivity index (χ1) is 15.9. The van der Waals surface area contributed by atoms with Crippen LogP contribution < -0.4 is 5.32 Å². The maximum Gasteiger partial charge on any atom is 0.410 e. The third-order valence-electron chi connectivity index (χ3n) is 6.43. The number of fused-ring (bicyclic) bond motifs is 1. The molecule has 2 N–H and O–H groups in total. The van der Waals surface area contributed by atoms with Gasteiger partial charge in [0.2, 0.25) is 0 Å². The maximum atomic E-state index is 12.7. The van der Waals surface area contributed by atoms with E-state index in [9.17, 15) is 9.90 Å². The van der Waals surface area contributed by atoms with Crippen molar-refractivity contribution in [1.82, 2.24) is 10.2 Å². The van der Waals surface area contributed by atoms with Crippen LogP contribution in [0.5, 0.6) is 0 Å². The van der Waals surface area contributed by atoms with E-state index in [2.05, 4.69) is 61.6 Å². The van der Waals surface area contributed by atoms with Crippen LogP contribution in [0.25, 0.3) is 10.8 Å². The van der Waals surface area contributed by atoms with Gasteiger partial charge in [0.25, 0.3) is 0 Å². The van der Waals surface area contributed by atoms with E-state index in [1.165, 1.54) is 16.3 Å². The summed E-state index contributed by atoms with van der Waals surface area (Å²) >= 11 is 0. The summed E-state index contributed by atoms with van der Waals surface area (Å²) in [4.78, 5) is 14.3. The zero-order valence-corrected chi connectivity index (χ0v) is 19.5. The van der Waals surface area contributed by atoms with Crippen LogP contribution in [0.15, 0.2) is 72.8 Å². The minimum Gasteiger partial charge on any atom is -0.445 e. The fourth-order valence-corrected chi connectivity index (χ4v) is 4.66. The summed E-state index contributed by atoms with van der Waals surface area (Å²) in [6.45, 7) is 5.59. The van der Waals surface area contributed by atoms with E-state index < -0.39 is 6.10 Å². The molecule has 5 heteroatoms. The van der Waals surface area contributed by atoms with Gasteiger partial charge in [-0.15, -0.1) is 0 Å². The normalized spacial score (nSPS) is 17.3. The van der Waals surface area contributed by atoms with Crippen LogP contribution >= 0.6 is 0 Å². The quantitative estimate of drug-likeness (QED) is 0.516. The lowest BCUT2D eigenvalue weighted by Gasteiger charge is -2.32. The fourth-order valence-electron chi connectivity index (χ4n) is 4.66. The van der Waals surface area contributed by atoms with E-state index >= 15 is 0 Å². The van der Waals surface area contributed by atoms with Crippen molar-refractivity contribution >= 4 is 16.9 Å². The molecule has 1 aliphatic heterocycles. The molecule has 5 nitrogen and oxygen atoms in total. The number of hydrogen-bond acceptors (Lipinski definition) is 4. The van der Waals surface area contributed by atoms with E-state index in [1.54, 1.807) is 4.90 Å². The number of hydrogen-bond donors (Lipinski definition) is 2. The number of amides is 1. The van der Waals surface area contributed by atoms with Crippen LogP contribution in [-0.4, -0.2) is 46.9 Å². The molecule has 3 aromatic rings. The van der Waals surface area contributed by atoms with E-state index in [-0.39, 0.29) is 24.3 Å². The van der Waals surface area contributed by atoms with Crippen LogP contribution in [-0.2, 0) is 17.8 Å². The first-order valence-electron chi connectivity index (χ1n) is 11.8. The lowest BCUT2D eigenvalue weighted by atomic mass is 9.93. The van der Waals surface area contributed by atoms with Crippen molar-refractivity contribution in [3.63, 3.8) is 0 Å².